The van der Waals surface area contributed by atoms with Gasteiger partial charge in [-0.05, 0) is 42.5 Å². The van der Waals surface area contributed by atoms with Crippen LogP contribution in [0.1, 0.15) is 65.3 Å². The number of carbonyl (C=O) groups excluding carboxylic acids is 4. The normalized spacial score (nSPS) is 29.2. The van der Waals surface area contributed by atoms with Gasteiger partial charge in [0.1, 0.15) is 0 Å². The minimum atomic E-state index is -1.17. The highest BCUT2D eigenvalue weighted by atomic mass is 16.6. The fourth-order valence-electron chi connectivity index (χ4n) is 6.63. The van der Waals surface area contributed by atoms with Crippen molar-refractivity contribution in [3.8, 4) is 23.0 Å². The number of hydrogen-bond donors (Lipinski definition) is 1. The molecule has 35 heavy (non-hydrogen) atoms. The average molecular weight is 468 g/mol. The molecule has 4 aliphatic rings. The summed E-state index contributed by atoms with van der Waals surface area (Å²) in [5.41, 5.74) is 1.86. The molecule has 6 nitrogen and oxygen atoms in total. The van der Waals surface area contributed by atoms with Gasteiger partial charge in [-0.1, -0.05) is 55.5 Å². The molecule has 2 bridgehead atoms. The molecular weight excluding hydrogens is 442 g/mol. The van der Waals surface area contributed by atoms with Crippen LogP contribution in [0, 0.1) is 35.5 Å². The third-order valence-corrected chi connectivity index (χ3v) is 8.16. The summed E-state index contributed by atoms with van der Waals surface area (Å²) in [5.74, 6) is 3.51. The maximum atomic E-state index is 13.5. The van der Waals surface area contributed by atoms with Gasteiger partial charge in [0.05, 0.1) is 17.4 Å². The fraction of sp³-hybridized carbons (Fsp3) is 0.379. The number of imide groups is 1. The molecule has 2 amide bonds. The van der Waals surface area contributed by atoms with Crippen LogP contribution in [0.25, 0.3) is 11.1 Å². The summed E-state index contributed by atoms with van der Waals surface area (Å²) in [4.78, 5) is 51.6. The molecule has 6 rings (SSSR count). The molecule has 1 saturated heterocycles. The third-order valence-electron chi connectivity index (χ3n) is 8.16. The topological polar surface area (TPSA) is 89.5 Å². The van der Waals surface area contributed by atoms with Crippen molar-refractivity contribution in [3.05, 3.63) is 59.2 Å². The van der Waals surface area contributed by atoms with Crippen molar-refractivity contribution in [1.82, 2.24) is 5.32 Å². The second-order valence-electron chi connectivity index (χ2n) is 9.92. The maximum absolute atomic E-state index is 13.5. The monoisotopic (exact) mass is 467 g/mol. The number of amides is 2. The van der Waals surface area contributed by atoms with Gasteiger partial charge in [-0.3, -0.25) is 19.7 Å². The highest BCUT2D eigenvalue weighted by Gasteiger charge is 2.71. The SMILES string of the molecule is CCCCC#CC1(OC(=O)c2ccc3c(c2)C(=O)c2ccccc2-3)[C@@H]2CC[C@H]1[C@@H]1C(=O)NC(=O)[C@@H]12. The van der Waals surface area contributed by atoms with E-state index in [1.807, 2.05) is 18.2 Å². The van der Waals surface area contributed by atoms with Gasteiger partial charge < -0.3 is 4.74 Å². The number of ketones is 1. The summed E-state index contributed by atoms with van der Waals surface area (Å²) >= 11 is 0. The van der Waals surface area contributed by atoms with Crippen molar-refractivity contribution >= 4 is 23.6 Å². The zero-order chi connectivity index (χ0) is 24.3. The lowest BCUT2D eigenvalue weighted by molar-refractivity contribution is -0.128. The summed E-state index contributed by atoms with van der Waals surface area (Å²) in [6.45, 7) is 2.08. The molecule has 1 unspecified atom stereocenters. The molecule has 3 aliphatic carbocycles. The summed E-state index contributed by atoms with van der Waals surface area (Å²) in [6.07, 6.45) is 3.94. The first kappa shape index (κ1) is 21.8. The van der Waals surface area contributed by atoms with Gasteiger partial charge >= 0.3 is 5.97 Å². The number of benzene rings is 2. The van der Waals surface area contributed by atoms with Gasteiger partial charge in [-0.2, -0.15) is 0 Å². The Morgan fingerprint density at radius 1 is 0.971 bits per heavy atom. The molecule has 5 atom stereocenters. The minimum absolute atomic E-state index is 0.114. The average Bonchev–Trinajstić information content (AvgIpc) is 3.54. The Bertz CT molecular complexity index is 1330. The van der Waals surface area contributed by atoms with Crippen molar-refractivity contribution in [2.24, 2.45) is 23.7 Å². The van der Waals surface area contributed by atoms with E-state index < -0.39 is 23.4 Å². The van der Waals surface area contributed by atoms with E-state index in [1.54, 1.807) is 24.3 Å². The number of carbonyl (C=O) groups is 4. The van der Waals surface area contributed by atoms with Gasteiger partial charge in [0.25, 0.3) is 0 Å². The largest absolute Gasteiger partial charge is 0.442 e. The first-order valence-electron chi connectivity index (χ1n) is 12.3. The van der Waals surface area contributed by atoms with Crippen LogP contribution >= 0.6 is 0 Å². The number of ether oxygens (including phenoxy) is 1. The standard InChI is InChI=1S/C29H25NO5/c1-2-3-4-7-14-29(21-12-13-22(29)24-23(21)26(32)30-27(24)33)35-28(34)16-10-11-18-17-8-5-6-9-19(17)25(31)20(18)15-16/h5-6,8-11,15,21-24H,2-4,12-13H2,1H3,(H,30,32,33)/t21-,22+,23-,24+,29?. The molecule has 2 aromatic rings. The smallest absolute Gasteiger partial charge is 0.339 e. The second kappa shape index (κ2) is 7.91. The Morgan fingerprint density at radius 2 is 1.63 bits per heavy atom. The first-order valence-corrected chi connectivity index (χ1v) is 12.3. The van der Waals surface area contributed by atoms with E-state index >= 15 is 0 Å². The van der Waals surface area contributed by atoms with Crippen LogP contribution in [0.5, 0.6) is 0 Å². The van der Waals surface area contributed by atoms with Gasteiger partial charge in [0, 0.05) is 29.4 Å². The van der Waals surface area contributed by atoms with Gasteiger partial charge in [0.2, 0.25) is 11.8 Å². The molecule has 3 fully saturated rings. The number of fused-ring (bicyclic) bond motifs is 8. The van der Waals surface area contributed by atoms with Crippen molar-refractivity contribution in [1.29, 1.82) is 0 Å². The van der Waals surface area contributed by atoms with Crippen molar-refractivity contribution in [3.63, 3.8) is 0 Å². The predicted molar refractivity (Wildman–Crippen MR) is 127 cm³/mol. The lowest BCUT2D eigenvalue weighted by Gasteiger charge is -2.30. The molecule has 6 heteroatoms. The fourth-order valence-corrected chi connectivity index (χ4v) is 6.63. The van der Waals surface area contributed by atoms with E-state index in [0.29, 0.717) is 30.4 Å². The third kappa shape index (κ3) is 3.04. The highest BCUT2D eigenvalue weighted by Crippen LogP contribution is 2.61. The lowest BCUT2D eigenvalue weighted by Crippen LogP contribution is -2.43. The van der Waals surface area contributed by atoms with E-state index in [0.717, 1.165) is 24.0 Å². The number of hydrogen-bond acceptors (Lipinski definition) is 5. The Morgan fingerprint density at radius 3 is 2.31 bits per heavy atom. The van der Waals surface area contributed by atoms with E-state index in [-0.39, 0.29) is 35.0 Å². The molecule has 176 valence electrons. The minimum Gasteiger partial charge on any atom is -0.442 e. The van der Waals surface area contributed by atoms with Crippen molar-refractivity contribution in [2.45, 2.75) is 44.6 Å². The Kier molecular flexibility index (Phi) is 4.93. The highest BCUT2D eigenvalue weighted by molar-refractivity contribution is 6.22. The van der Waals surface area contributed by atoms with Crippen LogP contribution in [0.4, 0.5) is 0 Å². The molecule has 0 aromatic heterocycles. The van der Waals surface area contributed by atoms with Crippen LogP contribution in [0.2, 0.25) is 0 Å². The molecule has 0 radical (unpaired) electrons. The molecule has 0 spiro atoms. The van der Waals surface area contributed by atoms with E-state index in [9.17, 15) is 19.2 Å². The molecule has 1 N–H and O–H groups in total. The number of unbranched alkanes of at least 4 members (excludes halogenated alkanes) is 2. The summed E-state index contributed by atoms with van der Waals surface area (Å²) in [6, 6.07) is 12.4. The number of esters is 1. The quantitative estimate of drug-likeness (QED) is 0.272. The second-order valence-corrected chi connectivity index (χ2v) is 9.92. The zero-order valence-corrected chi connectivity index (χ0v) is 19.4. The molecule has 2 saturated carbocycles. The number of nitrogens with one attached hydrogen (secondary N) is 1. The zero-order valence-electron chi connectivity index (χ0n) is 19.4. The lowest BCUT2D eigenvalue weighted by atomic mass is 9.81. The van der Waals surface area contributed by atoms with Gasteiger partial charge in [-0.25, -0.2) is 4.79 Å². The van der Waals surface area contributed by atoms with Crippen molar-refractivity contribution in [2.75, 3.05) is 0 Å². The number of rotatable bonds is 4. The summed E-state index contributed by atoms with van der Waals surface area (Å²) in [7, 11) is 0. The van der Waals surface area contributed by atoms with Crippen LogP contribution in [-0.4, -0.2) is 29.2 Å². The van der Waals surface area contributed by atoms with Crippen LogP contribution in [-0.2, 0) is 14.3 Å². The van der Waals surface area contributed by atoms with Crippen LogP contribution in [0.3, 0.4) is 0 Å². The molecule has 1 heterocycles. The molecular formula is C29H25NO5. The molecule has 1 aliphatic heterocycles. The van der Waals surface area contributed by atoms with Gasteiger partial charge in [0.15, 0.2) is 11.4 Å². The Balaban J connectivity index is 1.35. The van der Waals surface area contributed by atoms with E-state index in [1.165, 1.54) is 0 Å². The maximum Gasteiger partial charge on any atom is 0.339 e. The van der Waals surface area contributed by atoms with Gasteiger partial charge in [-0.15, -0.1) is 0 Å². The first-order chi connectivity index (χ1) is 17.0. The van der Waals surface area contributed by atoms with E-state index in [2.05, 4.69) is 24.1 Å². The van der Waals surface area contributed by atoms with Crippen molar-refractivity contribution < 1.29 is 23.9 Å². The predicted octanol–water partition coefficient (Wildman–Crippen LogP) is 3.92. The van der Waals surface area contributed by atoms with Crippen LogP contribution in [0.15, 0.2) is 42.5 Å². The van der Waals surface area contributed by atoms with Crippen LogP contribution < -0.4 is 5.32 Å². The van der Waals surface area contributed by atoms with E-state index in [4.69, 9.17) is 4.74 Å². The summed E-state index contributed by atoms with van der Waals surface area (Å²) in [5, 5.41) is 2.46. The summed E-state index contributed by atoms with van der Waals surface area (Å²) < 4.78 is 6.20. The molecule has 2 aromatic carbocycles. The Hall–Kier alpha value is -3.72. The Labute approximate surface area is 203 Å².